The number of cyclic esters (lactones) is 1. The van der Waals surface area contributed by atoms with Crippen LogP contribution in [0.2, 0.25) is 0 Å². The molecule has 0 amide bonds. The highest BCUT2D eigenvalue weighted by atomic mass is 32.1. The van der Waals surface area contributed by atoms with Crippen LogP contribution < -0.4 is 0 Å². The average Bonchev–Trinajstić information content (AvgIpc) is 3.12. The second-order valence-corrected chi connectivity index (χ2v) is 10.5. The summed E-state index contributed by atoms with van der Waals surface area (Å²) in [6, 6.07) is 0. The van der Waals surface area contributed by atoms with E-state index in [1.54, 1.807) is 25.2 Å². The molecule has 0 saturated heterocycles. The van der Waals surface area contributed by atoms with Gasteiger partial charge in [-0.3, -0.25) is 9.59 Å². The number of aliphatic hydroxyl groups is 2. The van der Waals surface area contributed by atoms with Gasteiger partial charge in [0.1, 0.15) is 11.9 Å². The number of hydrogen-bond donors (Lipinski definition) is 2. The van der Waals surface area contributed by atoms with Crippen LogP contribution in [0.5, 0.6) is 0 Å². The molecule has 0 bridgehead atoms. The van der Waals surface area contributed by atoms with Gasteiger partial charge in [-0.25, -0.2) is 4.98 Å². The number of aliphatic hydroxyl groups excluding tert-OH is 2. The highest BCUT2D eigenvalue weighted by Gasteiger charge is 2.38. The number of allylic oxidation sites excluding steroid dienone is 1. The Labute approximate surface area is 195 Å². The number of hydrogen-bond acceptors (Lipinski definition) is 7. The van der Waals surface area contributed by atoms with Crippen molar-refractivity contribution in [2.75, 3.05) is 0 Å². The minimum atomic E-state index is -1.19. The van der Waals surface area contributed by atoms with Crippen molar-refractivity contribution in [2.45, 2.75) is 91.5 Å². The summed E-state index contributed by atoms with van der Waals surface area (Å²) in [5, 5.41) is 24.0. The van der Waals surface area contributed by atoms with Gasteiger partial charge in [-0.2, -0.15) is 0 Å². The molecule has 178 valence electrons. The van der Waals surface area contributed by atoms with Crippen molar-refractivity contribution in [1.29, 1.82) is 0 Å². The molecule has 7 heteroatoms. The van der Waals surface area contributed by atoms with Gasteiger partial charge in [0.2, 0.25) is 0 Å². The van der Waals surface area contributed by atoms with E-state index in [4.69, 9.17) is 4.74 Å². The number of aromatic nitrogens is 1. The first-order valence-electron chi connectivity index (χ1n) is 11.3. The summed E-state index contributed by atoms with van der Waals surface area (Å²) >= 11 is 1.56. The van der Waals surface area contributed by atoms with Gasteiger partial charge in [0.25, 0.3) is 0 Å². The molecule has 1 aliphatic heterocycles. The number of carbonyl (C=O) groups is 2. The molecule has 1 aromatic heterocycles. The summed E-state index contributed by atoms with van der Waals surface area (Å²) in [5.41, 5.74) is 0.544. The van der Waals surface area contributed by atoms with E-state index in [-0.39, 0.29) is 24.5 Å². The van der Waals surface area contributed by atoms with E-state index in [1.807, 2.05) is 38.3 Å². The number of nitrogens with zero attached hydrogens (tertiary/aromatic N) is 1. The Hall–Kier alpha value is -1.83. The number of esters is 1. The smallest absolute Gasteiger partial charge is 0.309 e. The van der Waals surface area contributed by atoms with E-state index >= 15 is 0 Å². The molecular weight excluding hydrogens is 426 g/mol. The average molecular weight is 464 g/mol. The van der Waals surface area contributed by atoms with E-state index in [0.29, 0.717) is 6.42 Å². The Morgan fingerprint density at radius 1 is 1.25 bits per heavy atom. The molecule has 32 heavy (non-hydrogen) atoms. The molecule has 2 rings (SSSR count). The molecule has 0 saturated carbocycles. The maximum atomic E-state index is 12.8. The zero-order valence-corrected chi connectivity index (χ0v) is 20.7. The van der Waals surface area contributed by atoms with E-state index in [1.165, 1.54) is 0 Å². The third kappa shape index (κ3) is 7.64. The van der Waals surface area contributed by atoms with Crippen LogP contribution in [0.3, 0.4) is 0 Å². The van der Waals surface area contributed by atoms with E-state index in [0.717, 1.165) is 35.5 Å². The molecule has 2 N–H and O–H groups in total. The largest absolute Gasteiger partial charge is 0.457 e. The second-order valence-electron chi connectivity index (χ2n) is 9.41. The fraction of sp³-hybridized carbons (Fsp3) is 0.640. The third-order valence-corrected chi connectivity index (χ3v) is 7.10. The van der Waals surface area contributed by atoms with Gasteiger partial charge in [0.15, 0.2) is 0 Å². The quantitative estimate of drug-likeness (QED) is 0.490. The predicted molar refractivity (Wildman–Crippen MR) is 127 cm³/mol. The first kappa shape index (κ1) is 26.4. The molecule has 1 aliphatic rings. The predicted octanol–water partition coefficient (Wildman–Crippen LogP) is 4.63. The molecule has 0 spiro atoms. The standard InChI is InChI=1S/C25H37NO5S/c1-16-10-8-6-7-9-11-21(17(2)12-19-15-32-18(3)26-19)31-24(30)14-23(29)25(4,5)22(28)13-20(16)27/h7,9,12,15-16,20-21,23,27,29H,6,8,10-11,13-14H2,1-5H3. The SMILES string of the molecule is CC(=Cc1csc(C)n1)C1CC=CCCCC(C)C(O)CC(=O)C(C)(C)C(O)CC(=O)O1. The van der Waals surface area contributed by atoms with Crippen LogP contribution in [0.1, 0.15) is 76.9 Å². The first-order chi connectivity index (χ1) is 15.0. The lowest BCUT2D eigenvalue weighted by Crippen LogP contribution is -2.41. The Morgan fingerprint density at radius 3 is 2.62 bits per heavy atom. The number of Topliss-reactive ketones (excluding diaryl/α,β-unsaturated/α-hetero) is 1. The molecule has 2 heterocycles. The molecule has 0 radical (unpaired) electrons. The zero-order chi connectivity index (χ0) is 23.9. The van der Waals surface area contributed by atoms with Crippen molar-refractivity contribution in [3.63, 3.8) is 0 Å². The molecule has 4 atom stereocenters. The summed E-state index contributed by atoms with van der Waals surface area (Å²) in [7, 11) is 0. The fourth-order valence-electron chi connectivity index (χ4n) is 3.65. The summed E-state index contributed by atoms with van der Waals surface area (Å²) in [6.07, 6.45) is 6.33. The summed E-state index contributed by atoms with van der Waals surface area (Å²) < 4.78 is 5.73. The van der Waals surface area contributed by atoms with Crippen molar-refractivity contribution in [3.8, 4) is 0 Å². The zero-order valence-electron chi connectivity index (χ0n) is 19.8. The van der Waals surface area contributed by atoms with Gasteiger partial charge < -0.3 is 14.9 Å². The van der Waals surface area contributed by atoms with Crippen LogP contribution in [0, 0.1) is 18.3 Å². The number of ketones is 1. The Morgan fingerprint density at radius 2 is 1.97 bits per heavy atom. The van der Waals surface area contributed by atoms with Crippen LogP contribution in [-0.2, 0) is 14.3 Å². The second kappa shape index (κ2) is 11.9. The summed E-state index contributed by atoms with van der Waals surface area (Å²) in [6.45, 7) is 9.02. The van der Waals surface area contributed by atoms with E-state index < -0.39 is 29.7 Å². The first-order valence-corrected chi connectivity index (χ1v) is 12.2. The number of ether oxygens (including phenoxy) is 1. The minimum Gasteiger partial charge on any atom is -0.457 e. The molecule has 0 aliphatic carbocycles. The van der Waals surface area contributed by atoms with Gasteiger partial charge in [0, 0.05) is 23.6 Å². The Balaban J connectivity index is 2.23. The van der Waals surface area contributed by atoms with Crippen LogP contribution in [0.15, 0.2) is 23.1 Å². The van der Waals surface area contributed by atoms with E-state index in [9.17, 15) is 19.8 Å². The van der Waals surface area contributed by atoms with Gasteiger partial charge in [-0.05, 0) is 50.7 Å². The van der Waals surface area contributed by atoms with Crippen molar-refractivity contribution in [3.05, 3.63) is 33.8 Å². The molecule has 6 nitrogen and oxygen atoms in total. The summed E-state index contributed by atoms with van der Waals surface area (Å²) in [5.74, 6) is -0.826. The van der Waals surface area contributed by atoms with Gasteiger partial charge in [-0.15, -0.1) is 11.3 Å². The topological polar surface area (TPSA) is 96.7 Å². The lowest BCUT2D eigenvalue weighted by molar-refractivity contribution is -0.153. The van der Waals surface area contributed by atoms with Crippen molar-refractivity contribution in [2.24, 2.45) is 11.3 Å². The fourth-order valence-corrected chi connectivity index (χ4v) is 4.22. The van der Waals surface area contributed by atoms with Crippen LogP contribution >= 0.6 is 11.3 Å². The number of carbonyl (C=O) groups excluding carboxylic acids is 2. The van der Waals surface area contributed by atoms with Crippen molar-refractivity contribution < 1.29 is 24.5 Å². The number of thiazole rings is 1. The normalized spacial score (nSPS) is 29.0. The van der Waals surface area contributed by atoms with Crippen LogP contribution in [0.25, 0.3) is 6.08 Å². The lowest BCUT2D eigenvalue weighted by Gasteiger charge is -2.31. The van der Waals surface area contributed by atoms with Crippen LogP contribution in [0.4, 0.5) is 0 Å². The third-order valence-electron chi connectivity index (χ3n) is 6.30. The highest BCUT2D eigenvalue weighted by molar-refractivity contribution is 7.09. The molecular formula is C25H37NO5S. The Bertz CT molecular complexity index is 841. The van der Waals surface area contributed by atoms with Gasteiger partial charge in [-0.1, -0.05) is 32.9 Å². The van der Waals surface area contributed by atoms with Gasteiger partial charge >= 0.3 is 5.97 Å². The lowest BCUT2D eigenvalue weighted by atomic mass is 9.77. The summed E-state index contributed by atoms with van der Waals surface area (Å²) in [4.78, 5) is 29.9. The van der Waals surface area contributed by atoms with E-state index in [2.05, 4.69) is 11.1 Å². The minimum absolute atomic E-state index is 0.0161. The molecule has 1 aromatic rings. The maximum Gasteiger partial charge on any atom is 0.309 e. The monoisotopic (exact) mass is 463 g/mol. The molecule has 0 fully saturated rings. The Kier molecular flexibility index (Phi) is 9.80. The van der Waals surface area contributed by atoms with Crippen molar-refractivity contribution in [1.82, 2.24) is 4.98 Å². The molecule has 4 unspecified atom stereocenters. The van der Waals surface area contributed by atoms with Crippen molar-refractivity contribution >= 4 is 29.2 Å². The maximum absolute atomic E-state index is 12.8. The van der Waals surface area contributed by atoms with Gasteiger partial charge in [0.05, 0.1) is 29.3 Å². The number of rotatable bonds is 2. The molecule has 0 aromatic carbocycles. The highest BCUT2D eigenvalue weighted by Crippen LogP contribution is 2.29. The van der Waals surface area contributed by atoms with Crippen LogP contribution in [-0.4, -0.2) is 45.3 Å². The number of aryl methyl sites for hydroxylation is 1.